The fourth-order valence-electron chi connectivity index (χ4n) is 5.24. The molecule has 0 aromatic heterocycles. The van der Waals surface area contributed by atoms with Crippen LogP contribution in [0.25, 0.3) is 0 Å². The highest BCUT2D eigenvalue weighted by Crippen LogP contribution is 2.36. The topological polar surface area (TPSA) is 78.5 Å². The van der Waals surface area contributed by atoms with Gasteiger partial charge >= 0.3 is 6.03 Å². The molecule has 6 heteroatoms. The first-order valence-electron chi connectivity index (χ1n) is 13.0. The van der Waals surface area contributed by atoms with Crippen molar-refractivity contribution in [2.75, 3.05) is 6.54 Å². The highest BCUT2D eigenvalue weighted by atomic mass is 16.2. The molecule has 3 aromatic rings. The summed E-state index contributed by atoms with van der Waals surface area (Å²) in [5, 5.41) is 5.93. The third-order valence-electron chi connectivity index (χ3n) is 7.18. The number of carbonyl (C=O) groups excluding carboxylic acids is 3. The zero-order valence-electron chi connectivity index (χ0n) is 21.4. The Labute approximate surface area is 219 Å². The molecule has 0 atom stereocenters. The molecule has 4 rings (SSSR count). The minimum Gasteiger partial charge on any atom is -0.349 e. The van der Waals surface area contributed by atoms with E-state index < -0.39 is 5.54 Å². The summed E-state index contributed by atoms with van der Waals surface area (Å²) in [5.74, 6) is -0.379. The van der Waals surface area contributed by atoms with E-state index in [2.05, 4.69) is 10.6 Å². The minimum absolute atomic E-state index is 0.0886. The number of rotatable bonds is 9. The highest BCUT2D eigenvalue weighted by molar-refractivity contribution is 5.96. The third-order valence-corrected chi connectivity index (χ3v) is 7.18. The lowest BCUT2D eigenvalue weighted by Gasteiger charge is -2.45. The summed E-state index contributed by atoms with van der Waals surface area (Å²) in [6.07, 6.45) is 3.88. The number of urea groups is 1. The molecule has 0 saturated heterocycles. The molecule has 1 fully saturated rings. The van der Waals surface area contributed by atoms with Crippen molar-refractivity contribution in [2.24, 2.45) is 0 Å². The van der Waals surface area contributed by atoms with Crippen LogP contribution < -0.4 is 10.6 Å². The minimum atomic E-state index is -0.988. The molecule has 1 aliphatic carbocycles. The Morgan fingerprint density at radius 3 is 1.81 bits per heavy atom. The summed E-state index contributed by atoms with van der Waals surface area (Å²) in [6.45, 7) is 1.61. The first kappa shape index (κ1) is 26.1. The van der Waals surface area contributed by atoms with Crippen molar-refractivity contribution in [1.29, 1.82) is 0 Å². The number of hydrogen-bond acceptors (Lipinski definition) is 3. The van der Waals surface area contributed by atoms with Crippen LogP contribution in [0.1, 0.15) is 61.8 Å². The largest absolute Gasteiger partial charge is 0.349 e. The smallest absolute Gasteiger partial charge is 0.319 e. The van der Waals surface area contributed by atoms with Crippen LogP contribution >= 0.6 is 0 Å². The molecule has 6 nitrogen and oxygen atoms in total. The van der Waals surface area contributed by atoms with Crippen LogP contribution in [0.2, 0.25) is 0 Å². The van der Waals surface area contributed by atoms with Crippen LogP contribution in [0.5, 0.6) is 0 Å². The highest BCUT2D eigenvalue weighted by Gasteiger charge is 2.46. The number of carbonyl (C=O) groups is 3. The van der Waals surface area contributed by atoms with Crippen molar-refractivity contribution in [1.82, 2.24) is 15.5 Å². The van der Waals surface area contributed by atoms with Gasteiger partial charge in [-0.25, -0.2) is 4.79 Å². The number of ketones is 1. The zero-order chi connectivity index (χ0) is 26.1. The number of amides is 3. The molecule has 192 valence electrons. The van der Waals surface area contributed by atoms with E-state index in [1.807, 2.05) is 91.0 Å². The van der Waals surface area contributed by atoms with E-state index in [0.29, 0.717) is 19.4 Å². The standard InChI is InChI=1S/C31H35N3O3/c1-24(35)32-22-28(36)31(20-12-5-13-21-31)34(23-25-14-6-2-7-15-25)30(37)33-29(26-16-8-3-9-17-26)27-18-10-4-11-19-27/h2-4,6-11,14-19,29H,5,12-13,20-23H2,1H3,(H,32,35)(H,33,37). The maximum absolute atomic E-state index is 14.2. The Morgan fingerprint density at radius 1 is 0.784 bits per heavy atom. The van der Waals surface area contributed by atoms with E-state index in [4.69, 9.17) is 0 Å². The van der Waals surface area contributed by atoms with Gasteiger partial charge in [-0.2, -0.15) is 0 Å². The van der Waals surface area contributed by atoms with Crippen molar-refractivity contribution in [3.05, 3.63) is 108 Å². The van der Waals surface area contributed by atoms with Gasteiger partial charge < -0.3 is 15.5 Å². The van der Waals surface area contributed by atoms with Crippen LogP contribution in [0, 0.1) is 0 Å². The Balaban J connectivity index is 1.72. The number of benzene rings is 3. The van der Waals surface area contributed by atoms with Gasteiger partial charge in [0, 0.05) is 13.5 Å². The average Bonchev–Trinajstić information content (AvgIpc) is 2.95. The second-order valence-electron chi connectivity index (χ2n) is 9.70. The molecule has 0 heterocycles. The number of hydrogen-bond donors (Lipinski definition) is 2. The van der Waals surface area contributed by atoms with Gasteiger partial charge in [-0.15, -0.1) is 0 Å². The second-order valence-corrected chi connectivity index (χ2v) is 9.70. The van der Waals surface area contributed by atoms with Gasteiger partial charge in [0.15, 0.2) is 5.78 Å². The molecule has 1 saturated carbocycles. The Bertz CT molecular complexity index is 1140. The van der Waals surface area contributed by atoms with Gasteiger partial charge in [0.25, 0.3) is 0 Å². The predicted molar refractivity (Wildman–Crippen MR) is 145 cm³/mol. The van der Waals surface area contributed by atoms with Crippen LogP contribution in [-0.2, 0) is 16.1 Å². The summed E-state index contributed by atoms with van der Waals surface area (Å²) in [6, 6.07) is 28.8. The van der Waals surface area contributed by atoms with Crippen LogP contribution in [0.3, 0.4) is 0 Å². The Morgan fingerprint density at radius 2 is 1.30 bits per heavy atom. The molecule has 2 N–H and O–H groups in total. The van der Waals surface area contributed by atoms with E-state index in [0.717, 1.165) is 36.0 Å². The molecule has 0 aliphatic heterocycles. The normalized spacial score (nSPS) is 14.5. The van der Waals surface area contributed by atoms with Crippen molar-refractivity contribution < 1.29 is 14.4 Å². The van der Waals surface area contributed by atoms with E-state index >= 15 is 0 Å². The molecule has 37 heavy (non-hydrogen) atoms. The number of nitrogens with zero attached hydrogens (tertiary/aromatic N) is 1. The van der Waals surface area contributed by atoms with Gasteiger partial charge in [-0.3, -0.25) is 9.59 Å². The summed E-state index contributed by atoms with van der Waals surface area (Å²) >= 11 is 0. The van der Waals surface area contributed by atoms with Crippen LogP contribution in [0.4, 0.5) is 4.79 Å². The quantitative estimate of drug-likeness (QED) is 0.416. The molecular weight excluding hydrogens is 462 g/mol. The zero-order valence-corrected chi connectivity index (χ0v) is 21.4. The summed E-state index contributed by atoms with van der Waals surface area (Å²) < 4.78 is 0. The Kier molecular flexibility index (Phi) is 8.72. The van der Waals surface area contributed by atoms with Crippen molar-refractivity contribution in [2.45, 2.75) is 57.2 Å². The van der Waals surface area contributed by atoms with E-state index in [9.17, 15) is 14.4 Å². The lowest BCUT2D eigenvalue weighted by Crippen LogP contribution is -2.62. The maximum atomic E-state index is 14.2. The van der Waals surface area contributed by atoms with E-state index in [1.54, 1.807) is 4.90 Å². The van der Waals surface area contributed by atoms with Crippen LogP contribution in [0.15, 0.2) is 91.0 Å². The second kappa shape index (κ2) is 12.3. The lowest BCUT2D eigenvalue weighted by molar-refractivity contribution is -0.133. The van der Waals surface area contributed by atoms with Crippen molar-refractivity contribution in [3.8, 4) is 0 Å². The maximum Gasteiger partial charge on any atom is 0.319 e. The molecule has 0 radical (unpaired) electrons. The SMILES string of the molecule is CC(=O)NCC(=O)C1(N(Cc2ccccc2)C(=O)NC(c2ccccc2)c2ccccc2)CCCCC1. The first-order chi connectivity index (χ1) is 18.0. The molecule has 3 aromatic carbocycles. The first-order valence-corrected chi connectivity index (χ1v) is 13.0. The van der Waals surface area contributed by atoms with Gasteiger partial charge in [0.05, 0.1) is 12.6 Å². The number of nitrogens with one attached hydrogen (secondary N) is 2. The van der Waals surface area contributed by atoms with Gasteiger partial charge in [0.2, 0.25) is 5.91 Å². The number of Topliss-reactive ketones (excluding diaryl/α,β-unsaturated/α-hetero) is 1. The summed E-state index contributed by atoms with van der Waals surface area (Å²) in [4.78, 5) is 41.3. The molecular formula is C31H35N3O3. The lowest BCUT2D eigenvalue weighted by atomic mass is 9.76. The predicted octanol–water partition coefficient (Wildman–Crippen LogP) is 5.40. The molecule has 0 bridgehead atoms. The van der Waals surface area contributed by atoms with Crippen molar-refractivity contribution >= 4 is 17.7 Å². The van der Waals surface area contributed by atoms with E-state index in [1.165, 1.54) is 6.92 Å². The average molecular weight is 498 g/mol. The molecule has 0 unspecified atom stereocenters. The van der Waals surface area contributed by atoms with Crippen LogP contribution in [-0.4, -0.2) is 34.7 Å². The fraction of sp³-hybridized carbons (Fsp3) is 0.323. The van der Waals surface area contributed by atoms with Gasteiger partial charge in [0.1, 0.15) is 5.54 Å². The molecule has 1 aliphatic rings. The molecule has 0 spiro atoms. The Hall–Kier alpha value is -3.93. The van der Waals surface area contributed by atoms with Gasteiger partial charge in [-0.05, 0) is 29.5 Å². The monoisotopic (exact) mass is 497 g/mol. The molecule has 3 amide bonds. The summed E-state index contributed by atoms with van der Waals surface area (Å²) in [7, 11) is 0. The fourth-order valence-corrected chi connectivity index (χ4v) is 5.24. The summed E-state index contributed by atoms with van der Waals surface area (Å²) in [5.41, 5.74) is 1.89. The van der Waals surface area contributed by atoms with Gasteiger partial charge in [-0.1, -0.05) is 110 Å². The van der Waals surface area contributed by atoms with E-state index in [-0.39, 0.29) is 30.3 Å². The third kappa shape index (κ3) is 6.45. The van der Waals surface area contributed by atoms with Crippen molar-refractivity contribution in [3.63, 3.8) is 0 Å².